The molecule has 2 aromatic rings. The van der Waals surface area contributed by atoms with Crippen LogP contribution in [-0.2, 0) is 10.0 Å². The lowest BCUT2D eigenvalue weighted by Gasteiger charge is -2.23. The molecule has 0 aliphatic heterocycles. The van der Waals surface area contributed by atoms with Crippen LogP contribution in [0, 0.1) is 0 Å². The van der Waals surface area contributed by atoms with Crippen LogP contribution in [-0.4, -0.2) is 26.1 Å². The molecule has 0 saturated heterocycles. The highest BCUT2D eigenvalue weighted by Crippen LogP contribution is 2.35. The molecule has 6 heteroatoms. The molecule has 3 rings (SSSR count). The molecule has 0 spiro atoms. The summed E-state index contributed by atoms with van der Waals surface area (Å²) < 4.78 is 32.6. The molecule has 1 heterocycles. The lowest BCUT2D eigenvalue weighted by atomic mass is 10.3. The fraction of sp³-hybridized carbons (Fsp3) is 0.312. The lowest BCUT2D eigenvalue weighted by Crippen LogP contribution is -2.33. The summed E-state index contributed by atoms with van der Waals surface area (Å²) in [7, 11) is -3.61. The number of rotatable bonds is 6. The van der Waals surface area contributed by atoms with Crippen LogP contribution in [0.2, 0.25) is 0 Å². The van der Waals surface area contributed by atoms with Gasteiger partial charge in [0.25, 0.3) is 10.0 Å². The number of pyridine rings is 1. The Labute approximate surface area is 130 Å². The smallest absolute Gasteiger partial charge is 0.265 e. The topological polar surface area (TPSA) is 59.5 Å². The molecular formula is C16H18N2O3S. The van der Waals surface area contributed by atoms with Crippen molar-refractivity contribution in [3.05, 3.63) is 48.7 Å². The SMILES string of the molecule is CCOc1ccc(S(=O)(=O)N(c2ccccn2)C2CC2)cc1. The maximum Gasteiger partial charge on any atom is 0.265 e. The first-order valence-electron chi connectivity index (χ1n) is 7.31. The molecule has 1 aromatic carbocycles. The second-order valence-electron chi connectivity index (χ2n) is 5.12. The average Bonchev–Trinajstić information content (AvgIpc) is 3.34. The fourth-order valence-corrected chi connectivity index (χ4v) is 3.95. The van der Waals surface area contributed by atoms with Gasteiger partial charge in [-0.1, -0.05) is 6.07 Å². The van der Waals surface area contributed by atoms with Crippen molar-refractivity contribution in [1.82, 2.24) is 4.98 Å². The molecule has 5 nitrogen and oxygen atoms in total. The quantitative estimate of drug-likeness (QED) is 0.822. The molecule has 1 aliphatic rings. The van der Waals surface area contributed by atoms with E-state index in [2.05, 4.69) is 4.98 Å². The highest BCUT2D eigenvalue weighted by molar-refractivity contribution is 7.92. The molecule has 0 amide bonds. The number of aromatic nitrogens is 1. The molecule has 1 saturated carbocycles. The van der Waals surface area contributed by atoms with E-state index >= 15 is 0 Å². The van der Waals surface area contributed by atoms with Crippen molar-refractivity contribution < 1.29 is 13.2 Å². The molecule has 1 fully saturated rings. The number of nitrogens with zero attached hydrogens (tertiary/aromatic N) is 2. The van der Waals surface area contributed by atoms with Crippen LogP contribution in [0.1, 0.15) is 19.8 Å². The van der Waals surface area contributed by atoms with E-state index in [-0.39, 0.29) is 10.9 Å². The Kier molecular flexibility index (Phi) is 4.02. The summed E-state index contributed by atoms with van der Waals surface area (Å²) in [6, 6.07) is 11.8. The first-order chi connectivity index (χ1) is 10.6. The van der Waals surface area contributed by atoms with Gasteiger partial charge in [0, 0.05) is 12.2 Å². The zero-order valence-corrected chi connectivity index (χ0v) is 13.2. The van der Waals surface area contributed by atoms with Gasteiger partial charge in [-0.25, -0.2) is 17.7 Å². The van der Waals surface area contributed by atoms with Gasteiger partial charge >= 0.3 is 0 Å². The fourth-order valence-electron chi connectivity index (χ4n) is 2.29. The van der Waals surface area contributed by atoms with Crippen molar-refractivity contribution in [3.63, 3.8) is 0 Å². The summed E-state index contributed by atoms with van der Waals surface area (Å²) in [5.74, 6) is 1.14. The monoisotopic (exact) mass is 318 g/mol. The third kappa shape index (κ3) is 2.92. The first kappa shape index (κ1) is 14.8. The third-order valence-electron chi connectivity index (χ3n) is 3.45. The molecule has 116 valence electrons. The Morgan fingerprint density at radius 1 is 1.18 bits per heavy atom. The van der Waals surface area contributed by atoms with Crippen LogP contribution < -0.4 is 9.04 Å². The van der Waals surface area contributed by atoms with E-state index in [4.69, 9.17) is 4.74 Å². The van der Waals surface area contributed by atoms with Gasteiger partial charge in [0.05, 0.1) is 11.5 Å². The first-order valence-corrected chi connectivity index (χ1v) is 8.75. The molecular weight excluding hydrogens is 300 g/mol. The minimum atomic E-state index is -3.61. The minimum absolute atomic E-state index is 0.00599. The second kappa shape index (κ2) is 5.96. The number of hydrogen-bond acceptors (Lipinski definition) is 4. The highest BCUT2D eigenvalue weighted by Gasteiger charge is 2.39. The van der Waals surface area contributed by atoms with Gasteiger partial charge < -0.3 is 4.74 Å². The van der Waals surface area contributed by atoms with Gasteiger partial charge in [-0.05, 0) is 56.2 Å². The van der Waals surface area contributed by atoms with Gasteiger partial charge in [-0.2, -0.15) is 0 Å². The highest BCUT2D eigenvalue weighted by atomic mass is 32.2. The van der Waals surface area contributed by atoms with Crippen molar-refractivity contribution in [2.45, 2.75) is 30.7 Å². The lowest BCUT2D eigenvalue weighted by molar-refractivity contribution is 0.340. The van der Waals surface area contributed by atoms with Crippen LogP contribution in [0.15, 0.2) is 53.6 Å². The third-order valence-corrected chi connectivity index (χ3v) is 5.32. The van der Waals surface area contributed by atoms with E-state index in [1.54, 1.807) is 48.7 Å². The zero-order valence-electron chi connectivity index (χ0n) is 12.3. The Morgan fingerprint density at radius 2 is 1.91 bits per heavy atom. The van der Waals surface area contributed by atoms with Gasteiger partial charge in [-0.15, -0.1) is 0 Å². The number of benzene rings is 1. The summed E-state index contributed by atoms with van der Waals surface area (Å²) in [6.07, 6.45) is 3.35. The number of hydrogen-bond donors (Lipinski definition) is 0. The van der Waals surface area contributed by atoms with Gasteiger partial charge in [-0.3, -0.25) is 0 Å². The summed E-state index contributed by atoms with van der Waals surface area (Å²) in [5, 5.41) is 0. The van der Waals surface area contributed by atoms with E-state index in [0.717, 1.165) is 12.8 Å². The van der Waals surface area contributed by atoms with E-state index < -0.39 is 10.0 Å². The largest absolute Gasteiger partial charge is 0.494 e. The van der Waals surface area contributed by atoms with E-state index in [0.29, 0.717) is 18.2 Å². The molecule has 0 atom stereocenters. The van der Waals surface area contributed by atoms with Crippen LogP contribution in [0.4, 0.5) is 5.82 Å². The predicted molar refractivity (Wildman–Crippen MR) is 84.5 cm³/mol. The average molecular weight is 318 g/mol. The van der Waals surface area contributed by atoms with Gasteiger partial charge in [0.1, 0.15) is 11.6 Å². The van der Waals surface area contributed by atoms with Crippen molar-refractivity contribution in [2.24, 2.45) is 0 Å². The number of anilines is 1. The Balaban J connectivity index is 1.96. The Hall–Kier alpha value is -2.08. The summed E-state index contributed by atoms with van der Waals surface area (Å²) in [4.78, 5) is 4.46. The standard InChI is InChI=1S/C16H18N2O3S/c1-2-21-14-8-10-15(11-9-14)22(19,20)18(13-6-7-13)16-5-3-4-12-17-16/h3-5,8-13H,2,6-7H2,1H3. The van der Waals surface area contributed by atoms with Crippen molar-refractivity contribution >= 4 is 15.8 Å². The van der Waals surface area contributed by atoms with Crippen LogP contribution >= 0.6 is 0 Å². The maximum absolute atomic E-state index is 12.9. The summed E-state index contributed by atoms with van der Waals surface area (Å²) in [5.41, 5.74) is 0. The molecule has 1 aliphatic carbocycles. The van der Waals surface area contributed by atoms with Crippen LogP contribution in [0.5, 0.6) is 5.75 Å². The molecule has 1 aromatic heterocycles. The number of ether oxygens (including phenoxy) is 1. The second-order valence-corrected chi connectivity index (χ2v) is 6.94. The summed E-state index contributed by atoms with van der Waals surface area (Å²) in [6.45, 7) is 2.44. The van der Waals surface area contributed by atoms with E-state index in [9.17, 15) is 8.42 Å². The normalized spacial score (nSPS) is 14.6. The molecule has 0 unspecified atom stereocenters. The van der Waals surface area contributed by atoms with E-state index in [1.807, 2.05) is 6.92 Å². The van der Waals surface area contributed by atoms with Gasteiger partial charge in [0.2, 0.25) is 0 Å². The van der Waals surface area contributed by atoms with E-state index in [1.165, 1.54) is 4.31 Å². The summed E-state index contributed by atoms with van der Waals surface area (Å²) >= 11 is 0. The predicted octanol–water partition coefficient (Wildman–Crippen LogP) is 2.84. The maximum atomic E-state index is 12.9. The minimum Gasteiger partial charge on any atom is -0.494 e. The molecule has 0 radical (unpaired) electrons. The Bertz CT molecular complexity index is 726. The number of sulfonamides is 1. The van der Waals surface area contributed by atoms with Gasteiger partial charge in [0.15, 0.2) is 0 Å². The van der Waals surface area contributed by atoms with Crippen LogP contribution in [0.3, 0.4) is 0 Å². The zero-order chi connectivity index (χ0) is 15.6. The van der Waals surface area contributed by atoms with Crippen molar-refractivity contribution in [1.29, 1.82) is 0 Å². The molecule has 22 heavy (non-hydrogen) atoms. The Morgan fingerprint density at radius 3 is 2.45 bits per heavy atom. The van der Waals surface area contributed by atoms with Crippen molar-refractivity contribution in [2.75, 3.05) is 10.9 Å². The molecule has 0 bridgehead atoms. The van der Waals surface area contributed by atoms with Crippen molar-refractivity contribution in [3.8, 4) is 5.75 Å². The molecule has 0 N–H and O–H groups in total. The van der Waals surface area contributed by atoms with Crippen LogP contribution in [0.25, 0.3) is 0 Å².